The van der Waals surface area contributed by atoms with Gasteiger partial charge in [0.15, 0.2) is 0 Å². The molecule has 1 fully saturated rings. The summed E-state index contributed by atoms with van der Waals surface area (Å²) in [5.74, 6) is -2.41. The highest BCUT2D eigenvalue weighted by atomic mass is 35.5. The number of rotatable bonds is 3. The van der Waals surface area contributed by atoms with E-state index in [1.165, 1.54) is 11.0 Å². The third-order valence-electron chi connectivity index (χ3n) is 2.95. The molecule has 0 unspecified atom stereocenters. The van der Waals surface area contributed by atoms with Crippen molar-refractivity contribution in [1.82, 2.24) is 19.8 Å². The fraction of sp³-hybridized carbons (Fsp3) is 0.154. The molecule has 0 N–H and O–H groups in total. The number of amides is 2. The fourth-order valence-electron chi connectivity index (χ4n) is 1.89. The third-order valence-corrected chi connectivity index (χ3v) is 3.27. The monoisotopic (exact) mass is 320 g/mol. The Morgan fingerprint density at radius 3 is 2.55 bits per heavy atom. The molecule has 9 heteroatoms. The van der Waals surface area contributed by atoms with E-state index < -0.39 is 17.8 Å². The number of halogens is 1. The molecule has 112 valence electrons. The first kappa shape index (κ1) is 14.2. The molecule has 22 heavy (non-hydrogen) atoms. The number of imide groups is 1. The number of hydrogen-bond acceptors (Lipinski definition) is 6. The Bertz CT molecular complexity index is 757. The van der Waals surface area contributed by atoms with Crippen molar-refractivity contribution >= 4 is 29.4 Å². The zero-order valence-corrected chi connectivity index (χ0v) is 11.9. The number of carbonyl (C=O) groups excluding carboxylic acids is 3. The molecule has 2 heterocycles. The third kappa shape index (κ3) is 2.56. The second kappa shape index (κ2) is 5.57. The minimum atomic E-state index is -0.991. The van der Waals surface area contributed by atoms with E-state index in [4.69, 9.17) is 16.4 Å². The van der Waals surface area contributed by atoms with Crippen LogP contribution < -0.4 is 0 Å². The van der Waals surface area contributed by atoms with Crippen LogP contribution >= 0.6 is 11.6 Å². The number of nitrogens with zero attached hydrogens (tertiary/aromatic N) is 4. The SMILES string of the molecule is O=C(ON1C(=O)CCC1=O)c1ncn(-c2ccccc2Cl)n1. The van der Waals surface area contributed by atoms with Gasteiger partial charge >= 0.3 is 5.97 Å². The lowest BCUT2D eigenvalue weighted by Crippen LogP contribution is -2.32. The Morgan fingerprint density at radius 1 is 1.18 bits per heavy atom. The summed E-state index contributed by atoms with van der Waals surface area (Å²) in [6, 6.07) is 6.86. The molecule has 2 aromatic rings. The molecule has 1 saturated heterocycles. The maximum Gasteiger partial charge on any atom is 0.403 e. The molecule has 1 aliphatic rings. The maximum atomic E-state index is 11.9. The predicted molar refractivity (Wildman–Crippen MR) is 72.9 cm³/mol. The fourth-order valence-corrected chi connectivity index (χ4v) is 2.11. The van der Waals surface area contributed by atoms with Gasteiger partial charge in [0, 0.05) is 12.8 Å². The lowest BCUT2D eigenvalue weighted by atomic mass is 10.3. The highest BCUT2D eigenvalue weighted by Gasteiger charge is 2.34. The Labute approximate surface area is 129 Å². The van der Waals surface area contributed by atoms with Crippen molar-refractivity contribution in [1.29, 1.82) is 0 Å². The van der Waals surface area contributed by atoms with Gasteiger partial charge in [-0.25, -0.2) is 14.5 Å². The van der Waals surface area contributed by atoms with Gasteiger partial charge in [0.25, 0.3) is 17.6 Å². The molecule has 0 saturated carbocycles. The number of benzene rings is 1. The molecule has 3 rings (SSSR count). The maximum absolute atomic E-state index is 11.9. The van der Waals surface area contributed by atoms with E-state index in [2.05, 4.69) is 10.1 Å². The Balaban J connectivity index is 1.79. The smallest absolute Gasteiger partial charge is 0.321 e. The molecule has 0 atom stereocenters. The van der Waals surface area contributed by atoms with Gasteiger partial charge in [-0.05, 0) is 12.1 Å². The van der Waals surface area contributed by atoms with Crippen LogP contribution in [-0.4, -0.2) is 37.6 Å². The van der Waals surface area contributed by atoms with Crippen LogP contribution in [0.1, 0.15) is 23.5 Å². The van der Waals surface area contributed by atoms with Crippen molar-refractivity contribution < 1.29 is 19.2 Å². The van der Waals surface area contributed by atoms with Crippen molar-refractivity contribution in [3.63, 3.8) is 0 Å². The molecule has 0 aliphatic carbocycles. The van der Waals surface area contributed by atoms with Gasteiger partial charge in [-0.1, -0.05) is 23.7 Å². The molecule has 8 nitrogen and oxygen atoms in total. The molecule has 0 spiro atoms. The van der Waals surface area contributed by atoms with Crippen LogP contribution in [0.5, 0.6) is 0 Å². The average molecular weight is 321 g/mol. The molecule has 1 aliphatic heterocycles. The van der Waals surface area contributed by atoms with E-state index in [1.54, 1.807) is 24.3 Å². The van der Waals surface area contributed by atoms with Crippen LogP contribution in [0.25, 0.3) is 5.69 Å². The van der Waals surface area contributed by atoms with Crippen molar-refractivity contribution in [3.05, 3.63) is 41.4 Å². The second-order valence-electron chi connectivity index (χ2n) is 4.42. The van der Waals surface area contributed by atoms with Gasteiger partial charge in [-0.3, -0.25) is 9.59 Å². The zero-order valence-electron chi connectivity index (χ0n) is 11.1. The summed E-state index contributed by atoms with van der Waals surface area (Å²) in [6.45, 7) is 0. The summed E-state index contributed by atoms with van der Waals surface area (Å²) in [5.41, 5.74) is 0.532. The van der Waals surface area contributed by atoms with E-state index in [0.717, 1.165) is 0 Å². The Kier molecular flexibility index (Phi) is 3.60. The lowest BCUT2D eigenvalue weighted by Gasteiger charge is -2.10. The van der Waals surface area contributed by atoms with Gasteiger partial charge in [-0.2, -0.15) is 0 Å². The molecule has 0 bridgehead atoms. The molecule has 0 radical (unpaired) electrons. The first-order valence-electron chi connectivity index (χ1n) is 6.31. The molecule has 1 aromatic heterocycles. The van der Waals surface area contributed by atoms with Crippen molar-refractivity contribution in [2.24, 2.45) is 0 Å². The minimum absolute atomic E-state index is 0.0214. The van der Waals surface area contributed by atoms with Gasteiger partial charge in [-0.15, -0.1) is 10.2 Å². The van der Waals surface area contributed by atoms with Crippen LogP contribution in [0.3, 0.4) is 0 Å². The quantitative estimate of drug-likeness (QED) is 0.787. The molecular weight excluding hydrogens is 312 g/mol. The van der Waals surface area contributed by atoms with E-state index in [1.807, 2.05) is 0 Å². The second-order valence-corrected chi connectivity index (χ2v) is 4.83. The standard InChI is InChI=1S/C13H9ClN4O4/c14-8-3-1-2-4-9(8)17-7-15-12(16-17)13(21)22-18-10(19)5-6-11(18)20/h1-4,7H,5-6H2. The van der Waals surface area contributed by atoms with Crippen molar-refractivity contribution in [2.75, 3.05) is 0 Å². The Hall–Kier alpha value is -2.74. The summed E-state index contributed by atoms with van der Waals surface area (Å²) in [5, 5.41) is 4.80. The van der Waals surface area contributed by atoms with E-state index in [-0.39, 0.29) is 18.7 Å². The van der Waals surface area contributed by atoms with E-state index >= 15 is 0 Å². The average Bonchev–Trinajstić information content (AvgIpc) is 3.10. The van der Waals surface area contributed by atoms with Crippen LogP contribution in [0.2, 0.25) is 5.02 Å². The van der Waals surface area contributed by atoms with Gasteiger partial charge in [0.2, 0.25) is 0 Å². The van der Waals surface area contributed by atoms with Crippen molar-refractivity contribution in [3.8, 4) is 5.69 Å². The normalized spacial score (nSPS) is 14.5. The summed E-state index contributed by atoms with van der Waals surface area (Å²) in [7, 11) is 0. The summed E-state index contributed by atoms with van der Waals surface area (Å²) >= 11 is 6.02. The Morgan fingerprint density at radius 2 is 1.86 bits per heavy atom. The predicted octanol–water partition coefficient (Wildman–Crippen LogP) is 1.14. The number of para-hydroxylation sites is 1. The van der Waals surface area contributed by atoms with E-state index in [9.17, 15) is 14.4 Å². The first-order chi connectivity index (χ1) is 10.6. The lowest BCUT2D eigenvalue weighted by molar-refractivity contribution is -0.172. The topological polar surface area (TPSA) is 94.4 Å². The number of hydrogen-bond donors (Lipinski definition) is 0. The van der Waals surface area contributed by atoms with Crippen LogP contribution in [-0.2, 0) is 14.4 Å². The minimum Gasteiger partial charge on any atom is -0.321 e. The molecule has 1 aromatic carbocycles. The summed E-state index contributed by atoms with van der Waals surface area (Å²) in [6.07, 6.45) is 1.33. The molecule has 2 amide bonds. The van der Waals surface area contributed by atoms with Crippen LogP contribution in [0.4, 0.5) is 0 Å². The molecular formula is C13H9ClN4O4. The number of carbonyl (C=O) groups is 3. The number of aromatic nitrogens is 3. The van der Waals surface area contributed by atoms with E-state index in [0.29, 0.717) is 15.8 Å². The van der Waals surface area contributed by atoms with Gasteiger partial charge in [0.1, 0.15) is 6.33 Å². The van der Waals surface area contributed by atoms with Gasteiger partial charge in [0.05, 0.1) is 10.7 Å². The van der Waals surface area contributed by atoms with Crippen LogP contribution in [0, 0.1) is 0 Å². The largest absolute Gasteiger partial charge is 0.403 e. The number of hydroxylamine groups is 2. The highest BCUT2D eigenvalue weighted by Crippen LogP contribution is 2.19. The summed E-state index contributed by atoms with van der Waals surface area (Å²) in [4.78, 5) is 43.2. The highest BCUT2D eigenvalue weighted by molar-refractivity contribution is 6.32. The first-order valence-corrected chi connectivity index (χ1v) is 6.68. The summed E-state index contributed by atoms with van der Waals surface area (Å²) < 4.78 is 1.30. The van der Waals surface area contributed by atoms with Crippen LogP contribution in [0.15, 0.2) is 30.6 Å². The van der Waals surface area contributed by atoms with Crippen molar-refractivity contribution in [2.45, 2.75) is 12.8 Å². The van der Waals surface area contributed by atoms with Gasteiger partial charge < -0.3 is 4.84 Å². The zero-order chi connectivity index (χ0) is 15.7.